The van der Waals surface area contributed by atoms with Gasteiger partial charge in [0, 0.05) is 25.4 Å². The first kappa shape index (κ1) is 14.5. The molecule has 0 amide bonds. The summed E-state index contributed by atoms with van der Waals surface area (Å²) in [5, 5.41) is 3.31. The molecule has 1 atom stereocenters. The molecule has 4 nitrogen and oxygen atoms in total. The van der Waals surface area contributed by atoms with Gasteiger partial charge in [0.25, 0.3) is 0 Å². The monoisotopic (exact) mass is 251 g/mol. The number of anilines is 1. The van der Waals surface area contributed by atoms with Crippen LogP contribution in [0.15, 0.2) is 18.2 Å². The van der Waals surface area contributed by atoms with E-state index in [0.29, 0.717) is 12.2 Å². The molecule has 0 spiro atoms. The molecule has 0 aliphatic heterocycles. The van der Waals surface area contributed by atoms with Gasteiger partial charge in [-0.1, -0.05) is 11.6 Å². The van der Waals surface area contributed by atoms with E-state index in [9.17, 15) is 4.79 Å². The molecule has 4 heteroatoms. The molecule has 0 aliphatic rings. The molecule has 0 bridgehead atoms. The molecule has 0 fully saturated rings. The molecule has 0 heterocycles. The van der Waals surface area contributed by atoms with Crippen molar-refractivity contribution in [3.05, 3.63) is 29.3 Å². The summed E-state index contributed by atoms with van der Waals surface area (Å²) in [6.07, 6.45) is 0.880. The fourth-order valence-corrected chi connectivity index (χ4v) is 1.70. The van der Waals surface area contributed by atoms with Crippen molar-refractivity contribution in [3.63, 3.8) is 0 Å². The van der Waals surface area contributed by atoms with Crippen LogP contribution >= 0.6 is 0 Å². The standard InChI is InChI=1S/C14H21NO3/c1-10-5-6-13(12(9-10)14(16)18-4)15-11(2)7-8-17-3/h5-6,9,11,15H,7-8H2,1-4H3. The number of nitrogens with one attached hydrogen (secondary N) is 1. The second-order valence-electron chi connectivity index (χ2n) is 4.37. The van der Waals surface area contributed by atoms with Crippen molar-refractivity contribution >= 4 is 11.7 Å². The molecule has 100 valence electrons. The fraction of sp³-hybridized carbons (Fsp3) is 0.500. The normalized spacial score (nSPS) is 12.0. The molecule has 1 aromatic rings. The van der Waals surface area contributed by atoms with Gasteiger partial charge in [0.15, 0.2) is 0 Å². The molecule has 1 N–H and O–H groups in total. The van der Waals surface area contributed by atoms with Gasteiger partial charge in [-0.3, -0.25) is 0 Å². The van der Waals surface area contributed by atoms with Crippen molar-refractivity contribution < 1.29 is 14.3 Å². The number of ether oxygens (including phenoxy) is 2. The molecule has 1 rings (SSSR count). The van der Waals surface area contributed by atoms with Crippen LogP contribution in [0.5, 0.6) is 0 Å². The van der Waals surface area contributed by atoms with Crippen molar-refractivity contribution in [2.24, 2.45) is 0 Å². The summed E-state index contributed by atoms with van der Waals surface area (Å²) in [6, 6.07) is 5.94. The third-order valence-electron chi connectivity index (χ3n) is 2.74. The zero-order valence-corrected chi connectivity index (χ0v) is 11.4. The van der Waals surface area contributed by atoms with Crippen LogP contribution in [0.3, 0.4) is 0 Å². The Bertz CT molecular complexity index is 404. The smallest absolute Gasteiger partial charge is 0.339 e. The molecular formula is C14H21NO3. The number of rotatable bonds is 6. The van der Waals surface area contributed by atoms with Crippen LogP contribution in [-0.2, 0) is 9.47 Å². The van der Waals surface area contributed by atoms with Crippen LogP contribution in [-0.4, -0.2) is 32.8 Å². The molecule has 0 saturated heterocycles. The van der Waals surface area contributed by atoms with Gasteiger partial charge in [0.1, 0.15) is 0 Å². The maximum atomic E-state index is 11.7. The average Bonchev–Trinajstić information content (AvgIpc) is 2.37. The number of carbonyl (C=O) groups excluding carboxylic acids is 1. The first-order valence-corrected chi connectivity index (χ1v) is 6.03. The molecule has 1 unspecified atom stereocenters. The molecule has 1 aromatic carbocycles. The number of esters is 1. The van der Waals surface area contributed by atoms with Crippen LogP contribution in [0.2, 0.25) is 0 Å². The van der Waals surface area contributed by atoms with Crippen molar-refractivity contribution in [1.82, 2.24) is 0 Å². The van der Waals surface area contributed by atoms with E-state index in [-0.39, 0.29) is 12.0 Å². The maximum Gasteiger partial charge on any atom is 0.339 e. The highest BCUT2D eigenvalue weighted by Gasteiger charge is 2.13. The number of hydrogen-bond donors (Lipinski definition) is 1. The predicted molar refractivity (Wildman–Crippen MR) is 72.1 cm³/mol. The number of aryl methyl sites for hydroxylation is 1. The summed E-state index contributed by atoms with van der Waals surface area (Å²) < 4.78 is 9.83. The SMILES string of the molecule is COCCC(C)Nc1ccc(C)cc1C(=O)OC. The summed E-state index contributed by atoms with van der Waals surface area (Å²) in [4.78, 5) is 11.7. The summed E-state index contributed by atoms with van der Waals surface area (Å²) in [5.41, 5.74) is 2.41. The Hall–Kier alpha value is -1.55. The van der Waals surface area contributed by atoms with Crippen LogP contribution < -0.4 is 5.32 Å². The largest absolute Gasteiger partial charge is 0.465 e. The molecule has 0 saturated carbocycles. The Balaban J connectivity index is 2.84. The minimum absolute atomic E-state index is 0.232. The first-order chi connectivity index (χ1) is 8.58. The lowest BCUT2D eigenvalue weighted by Gasteiger charge is -2.17. The fourth-order valence-electron chi connectivity index (χ4n) is 1.70. The van der Waals surface area contributed by atoms with Crippen molar-refractivity contribution in [3.8, 4) is 0 Å². The van der Waals surface area contributed by atoms with Gasteiger partial charge in [-0.2, -0.15) is 0 Å². The zero-order chi connectivity index (χ0) is 13.5. The Labute approximate surface area is 108 Å². The van der Waals surface area contributed by atoms with Crippen molar-refractivity contribution in [2.75, 3.05) is 26.1 Å². The van der Waals surface area contributed by atoms with E-state index in [1.54, 1.807) is 7.11 Å². The second kappa shape index (κ2) is 7.01. The van der Waals surface area contributed by atoms with E-state index in [1.165, 1.54) is 7.11 Å². The first-order valence-electron chi connectivity index (χ1n) is 6.03. The van der Waals surface area contributed by atoms with E-state index in [0.717, 1.165) is 17.7 Å². The molecule has 0 aliphatic carbocycles. The summed E-state index contributed by atoms with van der Waals surface area (Å²) in [7, 11) is 3.07. The highest BCUT2D eigenvalue weighted by atomic mass is 16.5. The van der Waals surface area contributed by atoms with Crippen molar-refractivity contribution in [1.29, 1.82) is 0 Å². The third-order valence-corrected chi connectivity index (χ3v) is 2.74. The highest BCUT2D eigenvalue weighted by molar-refractivity contribution is 5.95. The van der Waals surface area contributed by atoms with Gasteiger partial charge < -0.3 is 14.8 Å². The van der Waals surface area contributed by atoms with E-state index in [1.807, 2.05) is 25.1 Å². The van der Waals surface area contributed by atoms with Crippen LogP contribution in [0.1, 0.15) is 29.3 Å². The molecule has 18 heavy (non-hydrogen) atoms. The maximum absolute atomic E-state index is 11.7. The summed E-state index contributed by atoms with van der Waals surface area (Å²) in [6.45, 7) is 4.69. The van der Waals surface area contributed by atoms with E-state index in [4.69, 9.17) is 9.47 Å². The molecular weight excluding hydrogens is 230 g/mol. The number of benzene rings is 1. The number of carbonyl (C=O) groups is 1. The second-order valence-corrected chi connectivity index (χ2v) is 4.37. The minimum atomic E-state index is -0.319. The van der Waals surface area contributed by atoms with E-state index in [2.05, 4.69) is 12.2 Å². The zero-order valence-electron chi connectivity index (χ0n) is 11.4. The highest BCUT2D eigenvalue weighted by Crippen LogP contribution is 2.19. The average molecular weight is 251 g/mol. The van der Waals surface area contributed by atoms with Gasteiger partial charge in [0.05, 0.1) is 12.7 Å². The topological polar surface area (TPSA) is 47.6 Å². The number of hydrogen-bond acceptors (Lipinski definition) is 4. The summed E-state index contributed by atoms with van der Waals surface area (Å²) >= 11 is 0. The third kappa shape index (κ3) is 4.04. The lowest BCUT2D eigenvalue weighted by molar-refractivity contribution is 0.0601. The lowest BCUT2D eigenvalue weighted by atomic mass is 10.1. The molecule has 0 aromatic heterocycles. The van der Waals surface area contributed by atoms with Gasteiger partial charge in [-0.15, -0.1) is 0 Å². The Morgan fingerprint density at radius 1 is 1.39 bits per heavy atom. The van der Waals surface area contributed by atoms with Crippen LogP contribution in [0.4, 0.5) is 5.69 Å². The predicted octanol–water partition coefficient (Wildman–Crippen LogP) is 2.62. The quantitative estimate of drug-likeness (QED) is 0.789. The van der Waals surface area contributed by atoms with Crippen LogP contribution in [0, 0.1) is 6.92 Å². The minimum Gasteiger partial charge on any atom is -0.465 e. The van der Waals surface area contributed by atoms with Gasteiger partial charge in [0.2, 0.25) is 0 Å². The van der Waals surface area contributed by atoms with Gasteiger partial charge in [-0.05, 0) is 32.4 Å². The van der Waals surface area contributed by atoms with Crippen molar-refractivity contribution in [2.45, 2.75) is 26.3 Å². The number of methoxy groups -OCH3 is 2. The Kier molecular flexibility index (Phi) is 5.65. The van der Waals surface area contributed by atoms with Gasteiger partial charge >= 0.3 is 5.97 Å². The summed E-state index contributed by atoms with van der Waals surface area (Å²) in [5.74, 6) is -0.319. The van der Waals surface area contributed by atoms with E-state index < -0.39 is 0 Å². The lowest BCUT2D eigenvalue weighted by Crippen LogP contribution is -2.19. The Morgan fingerprint density at radius 2 is 2.11 bits per heavy atom. The van der Waals surface area contributed by atoms with Gasteiger partial charge in [-0.25, -0.2) is 4.79 Å². The Morgan fingerprint density at radius 3 is 2.72 bits per heavy atom. The molecule has 0 radical (unpaired) electrons. The van der Waals surface area contributed by atoms with E-state index >= 15 is 0 Å². The van der Waals surface area contributed by atoms with Crippen LogP contribution in [0.25, 0.3) is 0 Å².